The number of nitrogens with zero attached hydrogens (tertiary/aromatic N) is 2. The molecule has 7 heteroatoms. The van der Waals surface area contributed by atoms with Gasteiger partial charge >= 0.3 is 5.97 Å². The maximum atomic E-state index is 12.4. The normalized spacial score (nSPS) is 21.9. The third-order valence-electron chi connectivity index (χ3n) is 5.38. The van der Waals surface area contributed by atoms with Crippen molar-refractivity contribution in [2.75, 3.05) is 12.4 Å². The third kappa shape index (κ3) is 5.98. The Labute approximate surface area is 176 Å². The Kier molecular flexibility index (Phi) is 7.58. The van der Waals surface area contributed by atoms with Gasteiger partial charge in [0.15, 0.2) is 0 Å². The molecule has 1 aromatic carbocycles. The van der Waals surface area contributed by atoms with Gasteiger partial charge < -0.3 is 13.9 Å². The lowest BCUT2D eigenvalue weighted by molar-refractivity contribution is -0.152. The Morgan fingerprint density at radius 2 is 2.00 bits per heavy atom. The Bertz CT molecular complexity index is 790. The Hall–Kier alpha value is -2.02. The highest BCUT2D eigenvalue weighted by molar-refractivity contribution is 7.99. The SMILES string of the molecule is CCOc1ccc(-c2nnc(SCC(=O)O[C@H]3C[C@@H](C)CC[C@@H]3C(C)C)o2)cc1. The number of ether oxygens (including phenoxy) is 2. The first-order valence-corrected chi connectivity index (χ1v) is 11.3. The molecule has 0 unspecified atom stereocenters. The van der Waals surface area contributed by atoms with Gasteiger partial charge in [-0.15, -0.1) is 10.2 Å². The first kappa shape index (κ1) is 21.7. The summed E-state index contributed by atoms with van der Waals surface area (Å²) in [5.74, 6) is 2.72. The van der Waals surface area contributed by atoms with Gasteiger partial charge in [0.1, 0.15) is 17.6 Å². The predicted molar refractivity (Wildman–Crippen MR) is 113 cm³/mol. The van der Waals surface area contributed by atoms with E-state index >= 15 is 0 Å². The van der Waals surface area contributed by atoms with Crippen LogP contribution in [0.3, 0.4) is 0 Å². The second-order valence-corrected chi connectivity index (χ2v) is 8.90. The van der Waals surface area contributed by atoms with E-state index < -0.39 is 0 Å². The molecule has 3 rings (SSSR count). The molecule has 3 atom stereocenters. The van der Waals surface area contributed by atoms with E-state index in [2.05, 4.69) is 31.0 Å². The molecular formula is C22H30N2O4S. The summed E-state index contributed by atoms with van der Waals surface area (Å²) in [6, 6.07) is 7.47. The molecule has 0 radical (unpaired) electrons. The number of hydrogen-bond acceptors (Lipinski definition) is 7. The fourth-order valence-corrected chi connectivity index (χ4v) is 4.36. The minimum atomic E-state index is -0.222. The maximum absolute atomic E-state index is 12.4. The topological polar surface area (TPSA) is 74.5 Å². The van der Waals surface area contributed by atoms with Crippen LogP contribution in [-0.2, 0) is 9.53 Å². The van der Waals surface area contributed by atoms with Gasteiger partial charge in [0.2, 0.25) is 5.89 Å². The average Bonchev–Trinajstić information content (AvgIpc) is 3.16. The summed E-state index contributed by atoms with van der Waals surface area (Å²) in [6.45, 7) is 9.20. The standard InChI is InChI=1S/C22H30N2O4S/c1-5-26-17-9-7-16(8-10-17)21-23-24-22(28-21)29-13-20(25)27-19-12-15(4)6-11-18(19)14(2)3/h7-10,14-15,18-19H,5-6,11-13H2,1-4H3/t15-,18+,19-/m0/s1. The van der Waals surface area contributed by atoms with Crippen LogP contribution in [0.5, 0.6) is 5.75 Å². The lowest BCUT2D eigenvalue weighted by atomic mass is 9.75. The number of carbonyl (C=O) groups excluding carboxylic acids is 1. The quantitative estimate of drug-likeness (QED) is 0.429. The van der Waals surface area contributed by atoms with Crippen molar-refractivity contribution >= 4 is 17.7 Å². The summed E-state index contributed by atoms with van der Waals surface area (Å²) >= 11 is 1.21. The van der Waals surface area contributed by atoms with Crippen molar-refractivity contribution in [1.29, 1.82) is 0 Å². The van der Waals surface area contributed by atoms with Gasteiger partial charge in [-0.25, -0.2) is 0 Å². The molecule has 0 N–H and O–H groups in total. The number of aromatic nitrogens is 2. The molecule has 0 saturated heterocycles. The van der Waals surface area contributed by atoms with Crippen LogP contribution < -0.4 is 4.74 Å². The fourth-order valence-electron chi connectivity index (χ4n) is 3.82. The molecule has 0 aliphatic heterocycles. The molecule has 158 valence electrons. The van der Waals surface area contributed by atoms with Crippen LogP contribution in [0.15, 0.2) is 33.9 Å². The molecule has 1 heterocycles. The summed E-state index contributed by atoms with van der Waals surface area (Å²) in [5.41, 5.74) is 0.811. The first-order valence-electron chi connectivity index (χ1n) is 10.3. The van der Waals surface area contributed by atoms with E-state index in [1.54, 1.807) is 0 Å². The minimum Gasteiger partial charge on any atom is -0.494 e. The Morgan fingerprint density at radius 1 is 1.24 bits per heavy atom. The summed E-state index contributed by atoms with van der Waals surface area (Å²) < 4.78 is 16.9. The number of benzene rings is 1. The van der Waals surface area contributed by atoms with Crippen molar-refractivity contribution in [2.45, 2.75) is 58.3 Å². The molecule has 0 spiro atoms. The first-order chi connectivity index (χ1) is 14.0. The zero-order valence-electron chi connectivity index (χ0n) is 17.6. The Balaban J connectivity index is 1.53. The molecule has 29 heavy (non-hydrogen) atoms. The highest BCUT2D eigenvalue weighted by Gasteiger charge is 2.33. The van der Waals surface area contributed by atoms with Gasteiger partial charge in [0, 0.05) is 5.56 Å². The zero-order valence-corrected chi connectivity index (χ0v) is 18.4. The Morgan fingerprint density at radius 3 is 2.69 bits per heavy atom. The van der Waals surface area contributed by atoms with Gasteiger partial charge in [-0.2, -0.15) is 0 Å². The van der Waals surface area contributed by atoms with Crippen LogP contribution in [0.2, 0.25) is 0 Å². The smallest absolute Gasteiger partial charge is 0.316 e. The van der Waals surface area contributed by atoms with Crippen LogP contribution in [0.1, 0.15) is 47.0 Å². The molecule has 1 aromatic heterocycles. The van der Waals surface area contributed by atoms with Crippen molar-refractivity contribution in [1.82, 2.24) is 10.2 Å². The van der Waals surface area contributed by atoms with E-state index in [0.29, 0.717) is 35.5 Å². The lowest BCUT2D eigenvalue weighted by Gasteiger charge is -2.36. The molecular weight excluding hydrogens is 388 g/mol. The number of hydrogen-bond donors (Lipinski definition) is 0. The second-order valence-electron chi connectivity index (χ2n) is 7.97. The number of rotatable bonds is 8. The van der Waals surface area contributed by atoms with Gasteiger partial charge in [-0.05, 0) is 61.8 Å². The highest BCUT2D eigenvalue weighted by atomic mass is 32.2. The molecule has 1 aliphatic rings. The van der Waals surface area contributed by atoms with Crippen molar-refractivity contribution < 1.29 is 18.7 Å². The van der Waals surface area contributed by atoms with E-state index in [4.69, 9.17) is 13.9 Å². The number of esters is 1. The van der Waals surface area contributed by atoms with Gasteiger partial charge in [-0.3, -0.25) is 4.79 Å². The van der Waals surface area contributed by atoms with E-state index in [0.717, 1.165) is 24.2 Å². The molecule has 1 fully saturated rings. The van der Waals surface area contributed by atoms with Crippen molar-refractivity contribution in [3.63, 3.8) is 0 Å². The van der Waals surface area contributed by atoms with Crippen LogP contribution in [-0.4, -0.2) is 34.6 Å². The predicted octanol–water partition coefficient (Wildman–Crippen LogP) is 5.23. The lowest BCUT2D eigenvalue weighted by Crippen LogP contribution is -2.36. The van der Waals surface area contributed by atoms with Gasteiger partial charge in [-0.1, -0.05) is 39.0 Å². The van der Waals surface area contributed by atoms with Gasteiger partial charge in [0.25, 0.3) is 5.22 Å². The van der Waals surface area contributed by atoms with E-state index in [1.807, 2.05) is 31.2 Å². The van der Waals surface area contributed by atoms with Crippen LogP contribution in [0.4, 0.5) is 0 Å². The van der Waals surface area contributed by atoms with Crippen molar-refractivity contribution in [3.8, 4) is 17.2 Å². The summed E-state index contributed by atoms with van der Waals surface area (Å²) in [7, 11) is 0. The maximum Gasteiger partial charge on any atom is 0.316 e. The van der Waals surface area contributed by atoms with Crippen molar-refractivity contribution in [2.24, 2.45) is 17.8 Å². The zero-order chi connectivity index (χ0) is 20.8. The number of thioether (sulfide) groups is 1. The van der Waals surface area contributed by atoms with E-state index in [-0.39, 0.29) is 17.8 Å². The summed E-state index contributed by atoms with van der Waals surface area (Å²) in [5, 5.41) is 8.47. The molecule has 2 aromatic rings. The number of carbonyl (C=O) groups is 1. The largest absolute Gasteiger partial charge is 0.494 e. The molecule has 0 bridgehead atoms. The second kappa shape index (κ2) is 10.1. The summed E-state index contributed by atoms with van der Waals surface area (Å²) in [6.07, 6.45) is 3.29. The highest BCUT2D eigenvalue weighted by Crippen LogP contribution is 2.35. The molecule has 6 nitrogen and oxygen atoms in total. The van der Waals surface area contributed by atoms with Crippen LogP contribution in [0, 0.1) is 17.8 Å². The van der Waals surface area contributed by atoms with E-state index in [1.165, 1.54) is 18.2 Å². The molecule has 1 aliphatic carbocycles. The fraction of sp³-hybridized carbons (Fsp3) is 0.591. The van der Waals surface area contributed by atoms with Crippen LogP contribution >= 0.6 is 11.8 Å². The van der Waals surface area contributed by atoms with E-state index in [9.17, 15) is 4.79 Å². The van der Waals surface area contributed by atoms with Gasteiger partial charge in [0.05, 0.1) is 6.61 Å². The monoisotopic (exact) mass is 418 g/mol. The summed E-state index contributed by atoms with van der Waals surface area (Å²) in [4.78, 5) is 12.4. The molecule has 1 saturated carbocycles. The van der Waals surface area contributed by atoms with Crippen LogP contribution in [0.25, 0.3) is 11.5 Å². The molecule has 0 amide bonds. The minimum absolute atomic E-state index is 0.00829. The third-order valence-corrected chi connectivity index (χ3v) is 6.17. The average molecular weight is 419 g/mol. The van der Waals surface area contributed by atoms with Crippen molar-refractivity contribution in [3.05, 3.63) is 24.3 Å².